The molecule has 0 spiro atoms. The number of hydrogen-bond donors (Lipinski definition) is 0. The number of nitrogens with zero attached hydrogens (tertiary/aromatic N) is 3. The van der Waals surface area contributed by atoms with Crippen molar-refractivity contribution in [1.29, 1.82) is 5.26 Å². The zero-order valence-electron chi connectivity index (χ0n) is 11.9. The lowest BCUT2D eigenvalue weighted by atomic mass is 10.1. The summed E-state index contributed by atoms with van der Waals surface area (Å²) in [7, 11) is 0. The molecule has 0 N–H and O–H groups in total. The van der Waals surface area contributed by atoms with Crippen LogP contribution in [0.5, 0.6) is 0 Å². The lowest BCUT2D eigenvalue weighted by Gasteiger charge is -2.05. The molecule has 0 radical (unpaired) electrons. The Morgan fingerprint density at radius 2 is 1.95 bits per heavy atom. The lowest BCUT2D eigenvalue weighted by molar-refractivity contribution is 0.787. The molecule has 0 aliphatic heterocycles. The van der Waals surface area contributed by atoms with Crippen molar-refractivity contribution in [3.8, 4) is 6.07 Å². The van der Waals surface area contributed by atoms with E-state index in [1.54, 1.807) is 26.0 Å². The maximum Gasteiger partial charge on any atom is 0.289 e. The average Bonchev–Trinajstić information content (AvgIpc) is 2.47. The Morgan fingerprint density at radius 3 is 2.62 bits per heavy atom. The first-order valence-corrected chi connectivity index (χ1v) is 6.53. The number of aryl methyl sites for hydroxylation is 2. The molecule has 2 rings (SSSR count). The lowest BCUT2D eigenvalue weighted by Crippen LogP contribution is -2.22. The van der Waals surface area contributed by atoms with Crippen molar-refractivity contribution in [3.63, 3.8) is 0 Å². The molecule has 0 aliphatic carbocycles. The van der Waals surface area contributed by atoms with Gasteiger partial charge in [-0.05, 0) is 37.1 Å². The fraction of sp³-hybridized carbons (Fsp3) is 0.118. The molecular formula is C17H15N3O. The second-order valence-electron chi connectivity index (χ2n) is 4.61. The second-order valence-corrected chi connectivity index (χ2v) is 4.61. The van der Waals surface area contributed by atoms with E-state index in [2.05, 4.69) is 5.10 Å². The van der Waals surface area contributed by atoms with E-state index in [-0.39, 0.29) is 11.1 Å². The van der Waals surface area contributed by atoms with Crippen molar-refractivity contribution in [2.75, 3.05) is 0 Å². The number of aromatic nitrogens is 1. The van der Waals surface area contributed by atoms with Gasteiger partial charge in [-0.3, -0.25) is 4.79 Å². The maximum absolute atomic E-state index is 12.1. The summed E-state index contributed by atoms with van der Waals surface area (Å²) in [5, 5.41) is 13.1. The number of hydrogen-bond acceptors (Lipinski definition) is 3. The second kappa shape index (κ2) is 6.49. The van der Waals surface area contributed by atoms with E-state index in [4.69, 9.17) is 5.26 Å². The maximum atomic E-state index is 12.1. The van der Waals surface area contributed by atoms with Crippen LogP contribution in [0.1, 0.15) is 22.4 Å². The van der Waals surface area contributed by atoms with E-state index >= 15 is 0 Å². The molecule has 0 fully saturated rings. The Balaban J connectivity index is 2.29. The first kappa shape index (κ1) is 14.5. The predicted octanol–water partition coefficient (Wildman–Crippen LogP) is 2.88. The molecule has 1 aromatic carbocycles. The third kappa shape index (κ3) is 3.34. The Bertz CT molecular complexity index is 793. The van der Waals surface area contributed by atoms with Gasteiger partial charge in [0.2, 0.25) is 0 Å². The Hall–Kier alpha value is -2.93. The predicted molar refractivity (Wildman–Crippen MR) is 84.3 cm³/mol. The summed E-state index contributed by atoms with van der Waals surface area (Å²) >= 11 is 0. The number of allylic oxidation sites excluding steroid dienone is 1. The van der Waals surface area contributed by atoms with E-state index in [1.807, 2.05) is 42.5 Å². The van der Waals surface area contributed by atoms with Crippen LogP contribution in [0, 0.1) is 25.2 Å². The van der Waals surface area contributed by atoms with E-state index in [9.17, 15) is 4.79 Å². The van der Waals surface area contributed by atoms with Crippen molar-refractivity contribution in [1.82, 2.24) is 4.68 Å². The number of benzene rings is 1. The van der Waals surface area contributed by atoms with Crippen molar-refractivity contribution in [3.05, 3.63) is 75.2 Å². The van der Waals surface area contributed by atoms with Crippen LogP contribution >= 0.6 is 0 Å². The Labute approximate surface area is 123 Å². The smallest absolute Gasteiger partial charge is 0.266 e. The highest BCUT2D eigenvalue weighted by atomic mass is 16.1. The Morgan fingerprint density at radius 1 is 1.24 bits per heavy atom. The van der Waals surface area contributed by atoms with E-state index < -0.39 is 0 Å². The third-order valence-corrected chi connectivity index (χ3v) is 3.03. The topological polar surface area (TPSA) is 58.1 Å². The molecule has 0 atom stereocenters. The quantitative estimate of drug-likeness (QED) is 0.810. The SMILES string of the molecule is Cc1cc(C)n(/N=C\C=C\c2ccccc2)c(=O)c1C#N. The molecule has 0 unspecified atom stereocenters. The van der Waals surface area contributed by atoms with Gasteiger partial charge in [0.05, 0.1) is 0 Å². The van der Waals surface area contributed by atoms with Crippen LogP contribution in [0.25, 0.3) is 6.08 Å². The molecule has 0 bridgehead atoms. The van der Waals surface area contributed by atoms with Crippen LogP contribution in [-0.4, -0.2) is 10.9 Å². The van der Waals surface area contributed by atoms with Gasteiger partial charge in [0.15, 0.2) is 0 Å². The van der Waals surface area contributed by atoms with Crippen LogP contribution in [0.15, 0.2) is 52.4 Å². The first-order valence-electron chi connectivity index (χ1n) is 6.53. The summed E-state index contributed by atoms with van der Waals surface area (Å²) in [5.74, 6) is 0. The highest BCUT2D eigenvalue weighted by Gasteiger charge is 2.08. The van der Waals surface area contributed by atoms with Crippen LogP contribution in [-0.2, 0) is 0 Å². The summed E-state index contributed by atoms with van der Waals surface area (Å²) in [5.41, 5.74) is 2.16. The zero-order valence-corrected chi connectivity index (χ0v) is 11.9. The van der Waals surface area contributed by atoms with Gasteiger partial charge in [-0.15, -0.1) is 0 Å². The molecule has 4 heteroatoms. The van der Waals surface area contributed by atoms with Gasteiger partial charge in [0, 0.05) is 11.9 Å². The van der Waals surface area contributed by atoms with Crippen molar-refractivity contribution < 1.29 is 0 Å². The minimum atomic E-state index is -0.389. The molecule has 1 aromatic heterocycles. The molecule has 2 aromatic rings. The summed E-state index contributed by atoms with van der Waals surface area (Å²) in [6, 6.07) is 13.5. The fourth-order valence-corrected chi connectivity index (χ4v) is 1.98. The van der Waals surface area contributed by atoms with Crippen molar-refractivity contribution in [2.24, 2.45) is 5.10 Å². The number of nitriles is 1. The zero-order chi connectivity index (χ0) is 15.2. The molecular weight excluding hydrogens is 262 g/mol. The molecule has 0 aliphatic rings. The van der Waals surface area contributed by atoms with Gasteiger partial charge in [-0.1, -0.05) is 36.4 Å². The van der Waals surface area contributed by atoms with Crippen LogP contribution in [0.2, 0.25) is 0 Å². The van der Waals surface area contributed by atoms with Crippen molar-refractivity contribution in [2.45, 2.75) is 13.8 Å². The van der Waals surface area contributed by atoms with E-state index in [0.29, 0.717) is 11.3 Å². The van der Waals surface area contributed by atoms with Gasteiger partial charge >= 0.3 is 0 Å². The average molecular weight is 277 g/mol. The monoisotopic (exact) mass is 277 g/mol. The molecule has 1 heterocycles. The Kier molecular flexibility index (Phi) is 4.47. The summed E-state index contributed by atoms with van der Waals surface area (Å²) in [6.07, 6.45) is 5.19. The fourth-order valence-electron chi connectivity index (χ4n) is 1.98. The minimum absolute atomic E-state index is 0.129. The van der Waals surface area contributed by atoms with Crippen LogP contribution in [0.4, 0.5) is 0 Å². The van der Waals surface area contributed by atoms with E-state index in [0.717, 1.165) is 5.56 Å². The van der Waals surface area contributed by atoms with Crippen LogP contribution in [0.3, 0.4) is 0 Å². The van der Waals surface area contributed by atoms with Gasteiger partial charge < -0.3 is 0 Å². The number of pyridine rings is 1. The van der Waals surface area contributed by atoms with Gasteiger partial charge in [0.25, 0.3) is 5.56 Å². The molecule has 21 heavy (non-hydrogen) atoms. The molecule has 4 nitrogen and oxygen atoms in total. The summed E-state index contributed by atoms with van der Waals surface area (Å²) < 4.78 is 1.24. The molecule has 0 amide bonds. The third-order valence-electron chi connectivity index (χ3n) is 3.03. The largest absolute Gasteiger partial charge is 0.289 e. The first-order chi connectivity index (χ1) is 10.1. The van der Waals surface area contributed by atoms with Crippen molar-refractivity contribution >= 4 is 12.3 Å². The van der Waals surface area contributed by atoms with E-state index in [1.165, 1.54) is 10.9 Å². The molecule has 0 saturated carbocycles. The van der Waals surface area contributed by atoms with Crippen LogP contribution < -0.4 is 5.56 Å². The molecule has 104 valence electrons. The van der Waals surface area contributed by atoms with Gasteiger partial charge in [-0.25, -0.2) is 4.68 Å². The highest BCUT2D eigenvalue weighted by molar-refractivity contribution is 5.78. The van der Waals surface area contributed by atoms with Gasteiger partial charge in [-0.2, -0.15) is 10.4 Å². The summed E-state index contributed by atoms with van der Waals surface area (Å²) in [6.45, 7) is 3.53. The summed E-state index contributed by atoms with van der Waals surface area (Å²) in [4.78, 5) is 12.1. The normalized spacial score (nSPS) is 11.1. The molecule has 0 saturated heterocycles. The number of rotatable bonds is 3. The highest BCUT2D eigenvalue weighted by Crippen LogP contribution is 2.05. The van der Waals surface area contributed by atoms with Gasteiger partial charge in [0.1, 0.15) is 11.6 Å². The minimum Gasteiger partial charge on any atom is -0.266 e. The standard InChI is InChI=1S/C17H15N3O/c1-13-11-14(2)20(17(21)16(13)12-18)19-10-6-9-15-7-4-3-5-8-15/h3-11H,1-2H3/b9-6+,19-10-.